The highest BCUT2D eigenvalue weighted by Crippen LogP contribution is 2.19. The van der Waals surface area contributed by atoms with Gasteiger partial charge in [-0.3, -0.25) is 0 Å². The van der Waals surface area contributed by atoms with Crippen molar-refractivity contribution in [2.24, 2.45) is 0 Å². The molecule has 0 amide bonds. The molecule has 16 heavy (non-hydrogen) atoms. The molecule has 1 N–H and O–H groups in total. The van der Waals surface area contributed by atoms with Gasteiger partial charge in [-0.25, -0.2) is 4.98 Å². The molecule has 0 radical (unpaired) electrons. The number of nitrogens with one attached hydrogen (secondary N) is 1. The normalized spacial score (nSPS) is 20.6. The topological polar surface area (TPSA) is 24.9 Å². The van der Waals surface area contributed by atoms with Gasteiger partial charge < -0.3 is 5.32 Å². The van der Waals surface area contributed by atoms with Crippen molar-refractivity contribution in [3.05, 3.63) is 28.2 Å². The van der Waals surface area contributed by atoms with Crippen LogP contribution in [0.1, 0.15) is 49.7 Å². The molecular weight excluding hydrogens is 216 g/mol. The first kappa shape index (κ1) is 11.8. The summed E-state index contributed by atoms with van der Waals surface area (Å²) in [5.74, 6) is 0.552. The molecule has 88 valence electrons. The van der Waals surface area contributed by atoms with Crippen LogP contribution in [0.15, 0.2) is 17.5 Å². The molecule has 0 aromatic carbocycles. The molecule has 1 heterocycles. The number of nitrogens with zero attached hydrogens (tertiary/aromatic N) is 1. The molecule has 0 aliphatic heterocycles. The fourth-order valence-electron chi connectivity index (χ4n) is 1.90. The average molecular weight is 236 g/mol. The van der Waals surface area contributed by atoms with E-state index >= 15 is 0 Å². The fraction of sp³-hybridized carbons (Fsp3) is 0.615. The van der Waals surface area contributed by atoms with Crippen molar-refractivity contribution in [3.63, 3.8) is 0 Å². The van der Waals surface area contributed by atoms with Crippen LogP contribution < -0.4 is 5.32 Å². The van der Waals surface area contributed by atoms with Crippen molar-refractivity contribution in [2.45, 2.75) is 51.6 Å². The molecule has 0 fully saturated rings. The molecule has 0 saturated heterocycles. The van der Waals surface area contributed by atoms with Crippen LogP contribution in [-0.4, -0.2) is 11.0 Å². The van der Waals surface area contributed by atoms with Gasteiger partial charge in [0.15, 0.2) is 0 Å². The van der Waals surface area contributed by atoms with Gasteiger partial charge in [0.1, 0.15) is 0 Å². The average Bonchev–Trinajstić information content (AvgIpc) is 2.76. The minimum atomic E-state index is 0.552. The van der Waals surface area contributed by atoms with E-state index in [0.29, 0.717) is 12.0 Å². The van der Waals surface area contributed by atoms with E-state index in [1.165, 1.54) is 30.0 Å². The highest BCUT2D eigenvalue weighted by molar-refractivity contribution is 7.09. The monoisotopic (exact) mass is 236 g/mol. The summed E-state index contributed by atoms with van der Waals surface area (Å²) >= 11 is 1.78. The van der Waals surface area contributed by atoms with E-state index in [-0.39, 0.29) is 0 Å². The molecule has 2 rings (SSSR count). The zero-order chi connectivity index (χ0) is 11.4. The van der Waals surface area contributed by atoms with Crippen LogP contribution in [0.2, 0.25) is 0 Å². The lowest BCUT2D eigenvalue weighted by Gasteiger charge is -2.18. The molecule has 1 aromatic rings. The summed E-state index contributed by atoms with van der Waals surface area (Å²) in [7, 11) is 0. The van der Waals surface area contributed by atoms with E-state index in [0.717, 1.165) is 6.54 Å². The van der Waals surface area contributed by atoms with Crippen molar-refractivity contribution < 1.29 is 0 Å². The molecule has 1 aliphatic carbocycles. The number of thiazole rings is 1. The molecule has 0 bridgehead atoms. The van der Waals surface area contributed by atoms with Gasteiger partial charge in [-0.1, -0.05) is 26.0 Å². The Labute approximate surface area is 102 Å². The largest absolute Gasteiger partial charge is 0.308 e. The first-order chi connectivity index (χ1) is 7.75. The van der Waals surface area contributed by atoms with Crippen LogP contribution in [0.5, 0.6) is 0 Å². The van der Waals surface area contributed by atoms with E-state index in [4.69, 9.17) is 0 Å². The van der Waals surface area contributed by atoms with Gasteiger partial charge in [-0.15, -0.1) is 11.3 Å². The van der Waals surface area contributed by atoms with Gasteiger partial charge in [0.2, 0.25) is 0 Å². The summed E-state index contributed by atoms with van der Waals surface area (Å²) in [6.07, 6.45) is 8.20. The Bertz CT molecular complexity index is 355. The second-order valence-corrected chi connectivity index (χ2v) is 5.58. The second-order valence-electron chi connectivity index (χ2n) is 4.69. The second kappa shape index (κ2) is 5.60. The van der Waals surface area contributed by atoms with E-state index < -0.39 is 0 Å². The lowest BCUT2D eigenvalue weighted by Crippen LogP contribution is -2.29. The summed E-state index contributed by atoms with van der Waals surface area (Å²) in [5.41, 5.74) is 1.20. The lowest BCUT2D eigenvalue weighted by molar-refractivity contribution is 0.471. The predicted octanol–water partition coefficient (Wildman–Crippen LogP) is 3.46. The maximum Gasteiger partial charge on any atom is 0.0954 e. The summed E-state index contributed by atoms with van der Waals surface area (Å²) < 4.78 is 0. The summed E-state index contributed by atoms with van der Waals surface area (Å²) in [5, 5.41) is 7.01. The third-order valence-electron chi connectivity index (χ3n) is 2.90. The van der Waals surface area contributed by atoms with Crippen LogP contribution in [0.4, 0.5) is 0 Å². The van der Waals surface area contributed by atoms with Gasteiger partial charge in [0.05, 0.1) is 10.7 Å². The molecule has 1 atom stereocenters. The number of hydrogen-bond acceptors (Lipinski definition) is 3. The zero-order valence-electron chi connectivity index (χ0n) is 10.1. The van der Waals surface area contributed by atoms with Gasteiger partial charge in [0, 0.05) is 23.9 Å². The van der Waals surface area contributed by atoms with Crippen molar-refractivity contribution in [3.8, 4) is 0 Å². The molecule has 0 spiro atoms. The maximum atomic E-state index is 4.63. The highest BCUT2D eigenvalue weighted by Gasteiger charge is 2.10. The number of aromatic nitrogens is 1. The van der Waals surface area contributed by atoms with Crippen LogP contribution in [0.25, 0.3) is 0 Å². The molecular formula is C13H20N2S. The minimum Gasteiger partial charge on any atom is -0.308 e. The van der Waals surface area contributed by atoms with Crippen molar-refractivity contribution in [2.75, 3.05) is 0 Å². The Morgan fingerprint density at radius 3 is 3.00 bits per heavy atom. The van der Waals surface area contributed by atoms with Crippen LogP contribution in [0.3, 0.4) is 0 Å². The maximum absolute atomic E-state index is 4.63. The number of rotatable bonds is 4. The molecule has 1 aromatic heterocycles. The first-order valence-corrected chi connectivity index (χ1v) is 6.96. The van der Waals surface area contributed by atoms with Crippen molar-refractivity contribution in [1.29, 1.82) is 0 Å². The Balaban J connectivity index is 1.82. The Morgan fingerprint density at radius 2 is 2.38 bits per heavy atom. The molecule has 2 nitrogen and oxygen atoms in total. The Kier molecular flexibility index (Phi) is 4.13. The smallest absolute Gasteiger partial charge is 0.0954 e. The quantitative estimate of drug-likeness (QED) is 0.810. The Morgan fingerprint density at radius 1 is 1.50 bits per heavy atom. The lowest BCUT2D eigenvalue weighted by atomic mass is 10.0. The standard InChI is InChI=1S/C13H20N2S/c1-10(2)13-15-12(9-16-13)8-14-11-6-4-3-5-7-11/h3-4,9-11,14H,5-8H2,1-2H3. The Hall–Kier alpha value is -0.670. The minimum absolute atomic E-state index is 0.552. The van der Waals surface area contributed by atoms with E-state index in [9.17, 15) is 0 Å². The van der Waals surface area contributed by atoms with Gasteiger partial charge in [-0.2, -0.15) is 0 Å². The molecule has 1 aliphatic rings. The third-order valence-corrected chi connectivity index (χ3v) is 4.10. The SMILES string of the molecule is CC(C)c1nc(CNC2CC=CCC2)cs1. The van der Waals surface area contributed by atoms with E-state index in [1.807, 2.05) is 0 Å². The van der Waals surface area contributed by atoms with E-state index in [2.05, 4.69) is 41.7 Å². The van der Waals surface area contributed by atoms with Crippen LogP contribution >= 0.6 is 11.3 Å². The highest BCUT2D eigenvalue weighted by atomic mass is 32.1. The molecule has 0 saturated carbocycles. The van der Waals surface area contributed by atoms with E-state index in [1.54, 1.807) is 11.3 Å². The number of hydrogen-bond donors (Lipinski definition) is 1. The van der Waals surface area contributed by atoms with Gasteiger partial charge >= 0.3 is 0 Å². The summed E-state index contributed by atoms with van der Waals surface area (Å²) in [4.78, 5) is 4.63. The third kappa shape index (κ3) is 3.16. The molecule has 3 heteroatoms. The summed E-state index contributed by atoms with van der Waals surface area (Å²) in [6, 6.07) is 0.647. The van der Waals surface area contributed by atoms with Crippen LogP contribution in [0, 0.1) is 0 Å². The van der Waals surface area contributed by atoms with Crippen molar-refractivity contribution >= 4 is 11.3 Å². The van der Waals surface area contributed by atoms with Gasteiger partial charge in [-0.05, 0) is 19.3 Å². The van der Waals surface area contributed by atoms with Gasteiger partial charge in [0.25, 0.3) is 0 Å². The predicted molar refractivity (Wildman–Crippen MR) is 69.8 cm³/mol. The zero-order valence-corrected chi connectivity index (χ0v) is 10.9. The number of allylic oxidation sites excluding steroid dienone is 1. The van der Waals surface area contributed by atoms with Crippen LogP contribution in [-0.2, 0) is 6.54 Å². The first-order valence-electron chi connectivity index (χ1n) is 6.08. The molecule has 1 unspecified atom stereocenters. The van der Waals surface area contributed by atoms with Crippen molar-refractivity contribution in [1.82, 2.24) is 10.3 Å². The fourth-order valence-corrected chi connectivity index (χ4v) is 2.73. The summed E-state index contributed by atoms with van der Waals surface area (Å²) in [6.45, 7) is 5.31.